The number of amides is 7. The summed E-state index contributed by atoms with van der Waals surface area (Å²) < 4.78 is 0. The number of nitrogens with one attached hydrogen (secondary N) is 5. The minimum atomic E-state index is -1.29. The number of hydrogen-bond acceptors (Lipinski definition) is 13. The van der Waals surface area contributed by atoms with E-state index in [0.29, 0.717) is 17.5 Å². The molecule has 18 N–H and O–H groups in total. The molecule has 0 aliphatic heterocycles. The predicted octanol–water partition coefficient (Wildman–Crippen LogP) is -3.99. The molecule has 322 valence electrons. The number of benzene rings is 2. The average molecular weight is 828 g/mol. The topological polar surface area (TPSA) is 411 Å². The lowest BCUT2D eigenvalue weighted by Gasteiger charge is -2.22. The second kappa shape index (κ2) is 24.7. The van der Waals surface area contributed by atoms with Crippen LogP contribution in [0.4, 0.5) is 5.69 Å². The summed E-state index contributed by atoms with van der Waals surface area (Å²) >= 11 is 0. The fourth-order valence-corrected chi connectivity index (χ4v) is 5.44. The highest BCUT2D eigenvalue weighted by molar-refractivity contribution is 5.93. The molecule has 2 aromatic carbocycles. The number of aromatic hydroxyl groups is 1. The number of unbranched alkanes of at least 4 members (excludes halogenated alkanes) is 1. The van der Waals surface area contributed by atoms with Crippen LogP contribution in [0, 0.1) is 10.1 Å². The summed E-state index contributed by atoms with van der Waals surface area (Å²) in [5, 5.41) is 33.1. The highest BCUT2D eigenvalue weighted by Crippen LogP contribution is 2.14. The molecule has 0 aliphatic carbocycles. The zero-order chi connectivity index (χ0) is 44.1. The van der Waals surface area contributed by atoms with Gasteiger partial charge in [-0.15, -0.1) is 0 Å². The van der Waals surface area contributed by atoms with Gasteiger partial charge in [0.1, 0.15) is 23.9 Å². The van der Waals surface area contributed by atoms with Crippen LogP contribution in [0.15, 0.2) is 53.5 Å². The first kappa shape index (κ1) is 48.3. The molecule has 0 aromatic heterocycles. The van der Waals surface area contributed by atoms with Crippen molar-refractivity contribution in [3.63, 3.8) is 0 Å². The Balaban J connectivity index is 2.07. The van der Waals surface area contributed by atoms with E-state index >= 15 is 0 Å². The van der Waals surface area contributed by atoms with Crippen LogP contribution in [0.5, 0.6) is 5.75 Å². The van der Waals surface area contributed by atoms with Gasteiger partial charge in [-0.05, 0) is 61.8 Å². The maximum Gasteiger partial charge on any atom is 0.269 e. The third kappa shape index (κ3) is 18.7. The van der Waals surface area contributed by atoms with E-state index in [1.54, 1.807) is 12.1 Å². The number of rotatable bonds is 26. The number of phenols is 1. The summed E-state index contributed by atoms with van der Waals surface area (Å²) in [5.41, 5.74) is 34.1. The third-order valence-electron chi connectivity index (χ3n) is 8.61. The molecule has 0 saturated carbocycles. The monoisotopic (exact) mass is 827 g/mol. The number of guanidine groups is 1. The van der Waals surface area contributed by atoms with Gasteiger partial charge in [-0.3, -0.25) is 48.7 Å². The number of carbonyl (C=O) groups excluding carboxylic acids is 7. The molecule has 23 nitrogen and oxygen atoms in total. The lowest BCUT2D eigenvalue weighted by atomic mass is 10.0. The van der Waals surface area contributed by atoms with Gasteiger partial charge in [0.2, 0.25) is 41.4 Å². The zero-order valence-electron chi connectivity index (χ0n) is 32.3. The van der Waals surface area contributed by atoms with Gasteiger partial charge in [-0.25, -0.2) is 0 Å². The highest BCUT2D eigenvalue weighted by atomic mass is 16.6. The molecule has 0 saturated heterocycles. The molecule has 59 heavy (non-hydrogen) atoms. The van der Waals surface area contributed by atoms with E-state index in [1.807, 2.05) is 0 Å². The normalized spacial score (nSPS) is 13.3. The first-order valence-electron chi connectivity index (χ1n) is 18.5. The van der Waals surface area contributed by atoms with Crippen LogP contribution in [0.3, 0.4) is 0 Å². The van der Waals surface area contributed by atoms with Gasteiger partial charge in [0.25, 0.3) is 5.69 Å². The molecule has 0 unspecified atom stereocenters. The van der Waals surface area contributed by atoms with Gasteiger partial charge in [0.15, 0.2) is 5.96 Å². The van der Waals surface area contributed by atoms with Crippen LogP contribution >= 0.6 is 0 Å². The summed E-state index contributed by atoms with van der Waals surface area (Å²) in [5.74, 6) is -5.44. The molecule has 0 fully saturated rings. The van der Waals surface area contributed by atoms with Gasteiger partial charge in [-0.1, -0.05) is 24.3 Å². The molecule has 5 atom stereocenters. The van der Waals surface area contributed by atoms with Crippen molar-refractivity contribution in [2.24, 2.45) is 39.4 Å². The SMILES string of the molecule is NC(=O)C[C@H](N)C(=O)N[C@@H](CCCN=C(N)N)C(=O)NCCCC[C@@H](NC(=O)[C@@H](N)Cc1ccc(O)cc1)C(=O)NCC(=O)N[C@@H](Cc1ccc([N+](=O)[O-])cc1)C(N)=O. The summed E-state index contributed by atoms with van der Waals surface area (Å²) in [6.45, 7) is -0.385. The molecule has 0 heterocycles. The Morgan fingerprint density at radius 3 is 1.78 bits per heavy atom. The number of aliphatic imine (C=N–C) groups is 1. The van der Waals surface area contributed by atoms with Crippen LogP contribution < -0.4 is 61.0 Å². The number of nitrogens with two attached hydrogens (primary N) is 6. The van der Waals surface area contributed by atoms with Crippen molar-refractivity contribution in [2.75, 3.05) is 19.6 Å². The molecule has 7 amide bonds. The molecule has 23 heteroatoms. The molecular weight excluding hydrogens is 774 g/mol. The van der Waals surface area contributed by atoms with Crippen LogP contribution in [0.2, 0.25) is 0 Å². The van der Waals surface area contributed by atoms with Gasteiger partial charge in [-0.2, -0.15) is 0 Å². The van der Waals surface area contributed by atoms with E-state index < -0.39 is 89.4 Å². The Labute approximate surface area is 339 Å². The Kier molecular flexibility index (Phi) is 20.2. The number of hydrogen-bond donors (Lipinski definition) is 12. The Hall–Kier alpha value is -6.88. The third-order valence-corrected chi connectivity index (χ3v) is 8.61. The maximum absolute atomic E-state index is 13.4. The quantitative estimate of drug-likeness (QED) is 0.0142. The number of non-ortho nitro benzene ring substituents is 1. The largest absolute Gasteiger partial charge is 0.508 e. The molecule has 2 aromatic rings. The molecule has 0 radical (unpaired) electrons. The van der Waals surface area contributed by atoms with Gasteiger partial charge < -0.3 is 66.1 Å². The fraction of sp³-hybridized carbons (Fsp3) is 0.444. The second-order valence-corrected chi connectivity index (χ2v) is 13.5. The lowest BCUT2D eigenvalue weighted by Crippen LogP contribution is -2.54. The Morgan fingerprint density at radius 2 is 1.22 bits per heavy atom. The summed E-state index contributed by atoms with van der Waals surface area (Å²) in [6.07, 6.45) is 0.501. The number of nitrogens with zero attached hydrogens (tertiary/aromatic N) is 2. The van der Waals surface area contributed by atoms with Crippen molar-refractivity contribution in [1.29, 1.82) is 0 Å². The van der Waals surface area contributed by atoms with Crippen LogP contribution in [-0.4, -0.2) is 107 Å². The van der Waals surface area contributed by atoms with E-state index in [2.05, 4.69) is 31.6 Å². The highest BCUT2D eigenvalue weighted by Gasteiger charge is 2.27. The smallest absolute Gasteiger partial charge is 0.269 e. The zero-order valence-corrected chi connectivity index (χ0v) is 32.3. The summed E-state index contributed by atoms with van der Waals surface area (Å²) in [4.78, 5) is 102. The molecule has 0 spiro atoms. The summed E-state index contributed by atoms with van der Waals surface area (Å²) in [7, 11) is 0. The van der Waals surface area contributed by atoms with Crippen molar-refractivity contribution in [1.82, 2.24) is 26.6 Å². The number of primary amides is 2. The fourth-order valence-electron chi connectivity index (χ4n) is 5.44. The number of nitro groups is 1. The first-order valence-corrected chi connectivity index (χ1v) is 18.5. The Morgan fingerprint density at radius 1 is 0.678 bits per heavy atom. The van der Waals surface area contributed by atoms with Crippen molar-refractivity contribution >= 4 is 53.0 Å². The summed E-state index contributed by atoms with van der Waals surface area (Å²) in [6, 6.07) is 5.40. The minimum absolute atomic E-state index is 0.0183. The first-order chi connectivity index (χ1) is 27.9. The van der Waals surface area contributed by atoms with Gasteiger partial charge in [0.05, 0.1) is 30.0 Å². The van der Waals surface area contributed by atoms with E-state index in [1.165, 1.54) is 36.4 Å². The van der Waals surface area contributed by atoms with Crippen LogP contribution in [-0.2, 0) is 46.4 Å². The van der Waals surface area contributed by atoms with Gasteiger partial charge >= 0.3 is 0 Å². The van der Waals surface area contributed by atoms with Crippen molar-refractivity contribution in [3.8, 4) is 5.75 Å². The molecule has 0 bridgehead atoms. The molecule has 0 aliphatic rings. The van der Waals surface area contributed by atoms with Crippen LogP contribution in [0.25, 0.3) is 0 Å². The standard InChI is InChI=1S/C36H53N13O10/c37-24(16-20-8-12-23(50)13-9-20)32(54)47-26(35(57)45-19-30(52)46-28(31(40)53)17-21-6-10-22(11-7-21)49(58)59)4-1-2-14-43-34(56)27(5-3-15-44-36(41)42)48-33(55)25(38)18-29(39)51/h6-13,24-28,50H,1-5,14-19,37-38H2,(H2,39,51)(H2,40,53)(H,43,56)(H,45,57)(H,46,52)(H,47,54)(H,48,55)(H4,41,42,44)/t24-,25-,26+,27-,28-/m0/s1. The van der Waals surface area contributed by atoms with E-state index in [0.717, 1.165) is 0 Å². The lowest BCUT2D eigenvalue weighted by molar-refractivity contribution is -0.384. The molecular formula is C36H53N13O10. The van der Waals surface area contributed by atoms with Crippen molar-refractivity contribution in [2.45, 2.75) is 81.6 Å². The number of phenolic OH excluding ortho intramolecular Hbond substituents is 1. The number of nitro benzene ring substituents is 1. The van der Waals surface area contributed by atoms with E-state index in [9.17, 15) is 48.8 Å². The van der Waals surface area contributed by atoms with E-state index in [4.69, 9.17) is 34.4 Å². The Bertz CT molecular complexity index is 1810. The van der Waals surface area contributed by atoms with Crippen molar-refractivity contribution in [3.05, 3.63) is 69.8 Å². The predicted molar refractivity (Wildman–Crippen MR) is 213 cm³/mol. The van der Waals surface area contributed by atoms with Gasteiger partial charge in [0, 0.05) is 31.6 Å². The minimum Gasteiger partial charge on any atom is -0.508 e. The number of carbonyl (C=O) groups is 7. The van der Waals surface area contributed by atoms with E-state index in [-0.39, 0.29) is 69.0 Å². The maximum atomic E-state index is 13.4. The van der Waals surface area contributed by atoms with Crippen molar-refractivity contribution < 1.29 is 43.6 Å². The van der Waals surface area contributed by atoms with Crippen LogP contribution in [0.1, 0.15) is 49.7 Å². The second-order valence-electron chi connectivity index (χ2n) is 13.5. The molecule has 2 rings (SSSR count). The average Bonchev–Trinajstić information content (AvgIpc) is 3.17.